The molecule has 1 atom stereocenters. The van der Waals surface area contributed by atoms with Gasteiger partial charge in [-0.1, -0.05) is 48.6 Å². The number of hydrogen-bond acceptors (Lipinski definition) is 2. The number of nitrogens with zero attached hydrogens (tertiary/aromatic N) is 1. The molecule has 1 heterocycles. The lowest BCUT2D eigenvalue weighted by atomic mass is 9.92. The van der Waals surface area contributed by atoms with Gasteiger partial charge in [0.25, 0.3) is 0 Å². The molecule has 29 heavy (non-hydrogen) atoms. The van der Waals surface area contributed by atoms with Gasteiger partial charge in [-0.15, -0.1) is 0 Å². The highest BCUT2D eigenvalue weighted by molar-refractivity contribution is 6.00. The maximum absolute atomic E-state index is 12.9. The zero-order valence-corrected chi connectivity index (χ0v) is 17.6. The lowest BCUT2D eigenvalue weighted by molar-refractivity contribution is -0.119. The van der Waals surface area contributed by atoms with Crippen LogP contribution in [0.5, 0.6) is 0 Å². The van der Waals surface area contributed by atoms with Gasteiger partial charge in [-0.05, 0) is 62.9 Å². The molecule has 2 aromatic rings. The van der Waals surface area contributed by atoms with Crippen molar-refractivity contribution in [3.8, 4) is 0 Å². The average molecular weight is 392 g/mol. The van der Waals surface area contributed by atoms with Crippen LogP contribution in [0.1, 0.15) is 44.4 Å². The number of rotatable bonds is 5. The monoisotopic (exact) mass is 391 g/mol. The topological polar surface area (TPSA) is 61.4 Å². The highest BCUT2D eigenvalue weighted by Crippen LogP contribution is 2.28. The highest BCUT2D eigenvalue weighted by atomic mass is 16.2. The van der Waals surface area contributed by atoms with Gasteiger partial charge in [0.2, 0.25) is 5.91 Å². The summed E-state index contributed by atoms with van der Waals surface area (Å²) in [5.41, 5.74) is 4.48. The number of hydrogen-bond donors (Lipinski definition) is 2. The van der Waals surface area contributed by atoms with E-state index in [2.05, 4.69) is 17.2 Å². The van der Waals surface area contributed by atoms with Crippen LogP contribution in [0.25, 0.3) is 5.57 Å². The summed E-state index contributed by atoms with van der Waals surface area (Å²) in [6, 6.07) is 14.8. The van der Waals surface area contributed by atoms with Crippen LogP contribution < -0.4 is 15.5 Å². The zero-order chi connectivity index (χ0) is 21.2. The maximum Gasteiger partial charge on any atom is 0.316 e. The summed E-state index contributed by atoms with van der Waals surface area (Å²) in [5.74, 6) is -0.104. The molecule has 0 unspecified atom stereocenters. The van der Waals surface area contributed by atoms with Crippen molar-refractivity contribution in [2.75, 3.05) is 11.4 Å². The van der Waals surface area contributed by atoms with Crippen molar-refractivity contribution in [3.05, 3.63) is 71.8 Å². The molecule has 0 saturated heterocycles. The number of carbonyl (C=O) groups is 2. The molecule has 0 bridgehead atoms. The number of carbonyl (C=O) groups excluding carboxylic acids is 2. The van der Waals surface area contributed by atoms with E-state index in [1.54, 1.807) is 11.8 Å². The second-order valence-corrected chi connectivity index (χ2v) is 8.17. The van der Waals surface area contributed by atoms with Crippen LogP contribution >= 0.6 is 0 Å². The first-order chi connectivity index (χ1) is 13.7. The molecular formula is C24H29N3O2. The summed E-state index contributed by atoms with van der Waals surface area (Å²) in [6.45, 7) is 12.2. The molecule has 5 nitrogen and oxygen atoms in total. The first kappa shape index (κ1) is 20.6. The van der Waals surface area contributed by atoms with Crippen LogP contribution in [0, 0.1) is 0 Å². The summed E-state index contributed by atoms with van der Waals surface area (Å²) in [7, 11) is 0. The molecule has 1 aliphatic heterocycles. The van der Waals surface area contributed by atoms with E-state index in [0.29, 0.717) is 6.54 Å². The van der Waals surface area contributed by atoms with Crippen LogP contribution in [0.4, 0.5) is 10.5 Å². The first-order valence-electron chi connectivity index (χ1n) is 9.93. The van der Waals surface area contributed by atoms with Gasteiger partial charge in [-0.2, -0.15) is 0 Å². The van der Waals surface area contributed by atoms with Gasteiger partial charge in [0.15, 0.2) is 0 Å². The smallest absolute Gasteiger partial charge is 0.316 e. The van der Waals surface area contributed by atoms with Crippen molar-refractivity contribution in [2.45, 2.75) is 45.7 Å². The fourth-order valence-corrected chi connectivity index (χ4v) is 3.62. The molecule has 3 rings (SSSR count). The van der Waals surface area contributed by atoms with Crippen LogP contribution in [0.2, 0.25) is 0 Å². The molecule has 1 aliphatic rings. The number of allylic oxidation sites excluding steroid dienone is 1. The second kappa shape index (κ2) is 8.11. The Kier molecular flexibility index (Phi) is 5.78. The number of fused-ring (bicyclic) bond motifs is 1. The minimum atomic E-state index is -0.626. The van der Waals surface area contributed by atoms with E-state index in [1.165, 1.54) is 0 Å². The Labute approximate surface area is 172 Å². The number of amides is 3. The van der Waals surface area contributed by atoms with Crippen molar-refractivity contribution >= 4 is 23.2 Å². The van der Waals surface area contributed by atoms with Gasteiger partial charge in [0.1, 0.15) is 6.04 Å². The average Bonchev–Trinajstić information content (AvgIpc) is 3.11. The molecule has 2 N–H and O–H groups in total. The SMILES string of the molecule is C=C(C)c1cccc(C(C)(C)NC(=O)N[C@@H](C)C(=O)N2CCc3ccccc32)c1. The summed E-state index contributed by atoms with van der Waals surface area (Å²) in [5, 5.41) is 5.78. The zero-order valence-electron chi connectivity index (χ0n) is 17.6. The van der Waals surface area contributed by atoms with Crippen LogP contribution in [-0.4, -0.2) is 24.5 Å². The fraction of sp³-hybridized carbons (Fsp3) is 0.333. The van der Waals surface area contributed by atoms with Crippen molar-refractivity contribution in [1.82, 2.24) is 10.6 Å². The minimum Gasteiger partial charge on any atom is -0.329 e. The number of urea groups is 1. The lowest BCUT2D eigenvalue weighted by Gasteiger charge is -2.29. The lowest BCUT2D eigenvalue weighted by Crippen LogP contribution is -2.53. The minimum absolute atomic E-state index is 0.104. The largest absolute Gasteiger partial charge is 0.329 e. The number of anilines is 1. The third-order valence-corrected chi connectivity index (χ3v) is 5.37. The predicted molar refractivity (Wildman–Crippen MR) is 118 cm³/mol. The van der Waals surface area contributed by atoms with E-state index in [4.69, 9.17) is 0 Å². The number of para-hydroxylation sites is 1. The normalized spacial score (nSPS) is 14.1. The van der Waals surface area contributed by atoms with Gasteiger partial charge in [0, 0.05) is 12.2 Å². The molecule has 5 heteroatoms. The predicted octanol–water partition coefficient (Wildman–Crippen LogP) is 4.23. The van der Waals surface area contributed by atoms with Crippen LogP contribution in [0.3, 0.4) is 0 Å². The molecule has 0 spiro atoms. The summed E-state index contributed by atoms with van der Waals surface area (Å²) >= 11 is 0. The van der Waals surface area contributed by atoms with Gasteiger partial charge in [-0.25, -0.2) is 4.79 Å². The van der Waals surface area contributed by atoms with E-state index in [-0.39, 0.29) is 11.9 Å². The Morgan fingerprint density at radius 2 is 1.86 bits per heavy atom. The van der Waals surface area contributed by atoms with E-state index < -0.39 is 11.6 Å². The Balaban J connectivity index is 1.65. The molecule has 0 aromatic heterocycles. The highest BCUT2D eigenvalue weighted by Gasteiger charge is 2.30. The second-order valence-electron chi connectivity index (χ2n) is 8.17. The molecule has 152 valence electrons. The maximum atomic E-state index is 12.9. The summed E-state index contributed by atoms with van der Waals surface area (Å²) in [4.78, 5) is 27.2. The third-order valence-electron chi connectivity index (χ3n) is 5.37. The van der Waals surface area contributed by atoms with Crippen LogP contribution in [-0.2, 0) is 16.8 Å². The number of benzene rings is 2. The van der Waals surface area contributed by atoms with Crippen molar-refractivity contribution < 1.29 is 9.59 Å². The summed E-state index contributed by atoms with van der Waals surface area (Å²) < 4.78 is 0. The van der Waals surface area contributed by atoms with Gasteiger partial charge >= 0.3 is 6.03 Å². The Morgan fingerprint density at radius 3 is 2.59 bits per heavy atom. The molecule has 0 saturated carbocycles. The van der Waals surface area contributed by atoms with Crippen LogP contribution in [0.15, 0.2) is 55.1 Å². The van der Waals surface area contributed by atoms with Crippen molar-refractivity contribution in [2.24, 2.45) is 0 Å². The van der Waals surface area contributed by atoms with E-state index in [9.17, 15) is 9.59 Å². The molecule has 0 radical (unpaired) electrons. The number of nitrogens with one attached hydrogen (secondary N) is 2. The van der Waals surface area contributed by atoms with E-state index >= 15 is 0 Å². The third kappa shape index (κ3) is 4.50. The Hall–Kier alpha value is -3.08. The van der Waals surface area contributed by atoms with Gasteiger partial charge < -0.3 is 15.5 Å². The van der Waals surface area contributed by atoms with Gasteiger partial charge in [0.05, 0.1) is 5.54 Å². The molecule has 0 fully saturated rings. The van der Waals surface area contributed by atoms with Crippen molar-refractivity contribution in [3.63, 3.8) is 0 Å². The van der Waals surface area contributed by atoms with Crippen molar-refractivity contribution in [1.29, 1.82) is 0 Å². The molecule has 0 aliphatic carbocycles. The van der Waals surface area contributed by atoms with E-state index in [0.717, 1.165) is 34.4 Å². The summed E-state index contributed by atoms with van der Waals surface area (Å²) in [6.07, 6.45) is 0.840. The quantitative estimate of drug-likeness (QED) is 0.801. The Bertz CT molecular complexity index is 949. The molecule has 3 amide bonds. The first-order valence-corrected chi connectivity index (χ1v) is 9.93. The Morgan fingerprint density at radius 1 is 1.14 bits per heavy atom. The van der Waals surface area contributed by atoms with Gasteiger partial charge in [-0.3, -0.25) is 4.79 Å². The fourth-order valence-electron chi connectivity index (χ4n) is 3.62. The molecule has 2 aromatic carbocycles. The standard InChI is InChI=1S/C24H29N3O2/c1-16(2)19-10-8-11-20(15-19)24(4,5)26-23(29)25-17(3)22(28)27-14-13-18-9-6-7-12-21(18)27/h6-12,15,17H,1,13-14H2,2-5H3,(H2,25,26,29)/t17-/m0/s1. The van der Waals surface area contributed by atoms with E-state index in [1.807, 2.05) is 69.3 Å². The molecular weight excluding hydrogens is 362 g/mol.